The first-order chi connectivity index (χ1) is 6.29. The van der Waals surface area contributed by atoms with Gasteiger partial charge in [0.05, 0.1) is 4.90 Å². The molecule has 0 saturated carbocycles. The van der Waals surface area contributed by atoms with Crippen LogP contribution in [0, 0.1) is 0 Å². The lowest BCUT2D eigenvalue weighted by atomic mass is 10.1. The van der Waals surface area contributed by atoms with Crippen molar-refractivity contribution in [1.29, 1.82) is 0 Å². The van der Waals surface area contributed by atoms with Gasteiger partial charge >= 0.3 is 0 Å². The molecule has 0 amide bonds. The third-order valence-electron chi connectivity index (χ3n) is 1.88. The van der Waals surface area contributed by atoms with E-state index < -0.39 is 0 Å². The molecule has 0 aliphatic heterocycles. The Bertz CT molecular complexity index is 274. The summed E-state index contributed by atoms with van der Waals surface area (Å²) < 4.78 is 0. The van der Waals surface area contributed by atoms with Gasteiger partial charge in [0.25, 0.3) is 0 Å². The molecule has 0 aliphatic rings. The van der Waals surface area contributed by atoms with Crippen molar-refractivity contribution in [2.45, 2.75) is 17.7 Å². The number of benzene rings is 1. The molecule has 0 radical (unpaired) electrons. The maximum atomic E-state index is 9.51. The minimum absolute atomic E-state index is 0.198. The number of thioether (sulfide) groups is 1. The molecule has 72 valence electrons. The van der Waals surface area contributed by atoms with Gasteiger partial charge in [-0.05, 0) is 30.7 Å². The van der Waals surface area contributed by atoms with E-state index in [4.69, 9.17) is 5.11 Å². The monoisotopic (exact) mass is 198 g/mol. The minimum Gasteiger partial charge on any atom is -0.507 e. The molecule has 13 heavy (non-hydrogen) atoms. The largest absolute Gasteiger partial charge is 0.507 e. The normalized spacial score (nSPS) is 10.3. The van der Waals surface area contributed by atoms with Gasteiger partial charge in [0.2, 0.25) is 0 Å². The highest BCUT2D eigenvalue weighted by molar-refractivity contribution is 7.98. The number of rotatable bonds is 4. The van der Waals surface area contributed by atoms with E-state index in [0.717, 1.165) is 23.3 Å². The van der Waals surface area contributed by atoms with E-state index in [1.54, 1.807) is 17.8 Å². The molecule has 0 unspecified atom stereocenters. The summed E-state index contributed by atoms with van der Waals surface area (Å²) in [5.74, 6) is 0.336. The maximum absolute atomic E-state index is 9.51. The first kappa shape index (κ1) is 10.4. The third-order valence-corrected chi connectivity index (χ3v) is 2.76. The Morgan fingerprint density at radius 1 is 1.38 bits per heavy atom. The molecule has 3 heteroatoms. The third kappa shape index (κ3) is 2.64. The van der Waals surface area contributed by atoms with Crippen molar-refractivity contribution in [3.05, 3.63) is 23.8 Å². The standard InChI is InChI=1S/C10H14O2S/c1-13-10-8(5-3-7-11)4-2-6-9(10)12/h2,4,6,11-12H,3,5,7H2,1H3. The number of phenolic OH excluding ortho intramolecular Hbond substituents is 1. The number of hydrogen-bond donors (Lipinski definition) is 2. The van der Waals surface area contributed by atoms with Crippen molar-refractivity contribution >= 4 is 11.8 Å². The molecule has 0 heterocycles. The van der Waals surface area contributed by atoms with Crippen LogP contribution in [0.5, 0.6) is 5.75 Å². The van der Waals surface area contributed by atoms with Crippen LogP contribution >= 0.6 is 11.8 Å². The van der Waals surface area contributed by atoms with Crippen LogP contribution in [0.15, 0.2) is 23.1 Å². The number of hydrogen-bond acceptors (Lipinski definition) is 3. The Morgan fingerprint density at radius 2 is 2.15 bits per heavy atom. The molecule has 0 aliphatic carbocycles. The fraction of sp³-hybridized carbons (Fsp3) is 0.400. The van der Waals surface area contributed by atoms with Gasteiger partial charge in [0.1, 0.15) is 5.75 Å². The van der Waals surface area contributed by atoms with Crippen LogP contribution in [0.4, 0.5) is 0 Å². The van der Waals surface area contributed by atoms with Crippen LogP contribution in [0.3, 0.4) is 0 Å². The van der Waals surface area contributed by atoms with Gasteiger partial charge in [0, 0.05) is 6.61 Å². The first-order valence-electron chi connectivity index (χ1n) is 4.25. The average molecular weight is 198 g/mol. The van der Waals surface area contributed by atoms with Gasteiger partial charge in [-0.2, -0.15) is 0 Å². The lowest BCUT2D eigenvalue weighted by Gasteiger charge is -2.07. The van der Waals surface area contributed by atoms with E-state index in [1.165, 1.54) is 0 Å². The van der Waals surface area contributed by atoms with Crippen molar-refractivity contribution in [2.24, 2.45) is 0 Å². The van der Waals surface area contributed by atoms with Crippen LogP contribution < -0.4 is 0 Å². The van der Waals surface area contributed by atoms with Crippen LogP contribution in [0.25, 0.3) is 0 Å². The summed E-state index contributed by atoms with van der Waals surface area (Å²) in [6, 6.07) is 5.51. The molecule has 0 spiro atoms. The fourth-order valence-corrected chi connectivity index (χ4v) is 1.98. The van der Waals surface area contributed by atoms with Gasteiger partial charge < -0.3 is 10.2 Å². The zero-order valence-electron chi connectivity index (χ0n) is 7.66. The van der Waals surface area contributed by atoms with E-state index >= 15 is 0 Å². The van der Waals surface area contributed by atoms with Crippen molar-refractivity contribution < 1.29 is 10.2 Å². The Balaban J connectivity index is 2.85. The van der Waals surface area contributed by atoms with Crippen LogP contribution in [0.2, 0.25) is 0 Å². The highest BCUT2D eigenvalue weighted by Crippen LogP contribution is 2.30. The van der Waals surface area contributed by atoms with Gasteiger partial charge in [-0.15, -0.1) is 11.8 Å². The van der Waals surface area contributed by atoms with Crippen LogP contribution in [-0.2, 0) is 6.42 Å². The summed E-state index contributed by atoms with van der Waals surface area (Å²) in [5, 5.41) is 18.2. The number of aliphatic hydroxyl groups excluding tert-OH is 1. The molecule has 1 aromatic rings. The lowest BCUT2D eigenvalue weighted by molar-refractivity contribution is 0.288. The van der Waals surface area contributed by atoms with Crippen LogP contribution in [0.1, 0.15) is 12.0 Å². The predicted octanol–water partition coefficient (Wildman–Crippen LogP) is 2.04. The van der Waals surface area contributed by atoms with Gasteiger partial charge in [-0.25, -0.2) is 0 Å². The van der Waals surface area contributed by atoms with Gasteiger partial charge in [-0.3, -0.25) is 0 Å². The second kappa shape index (κ2) is 5.14. The molecule has 2 N–H and O–H groups in total. The molecule has 2 nitrogen and oxygen atoms in total. The summed E-state index contributed by atoms with van der Waals surface area (Å²) in [5.41, 5.74) is 1.11. The fourth-order valence-electron chi connectivity index (χ4n) is 1.27. The van der Waals surface area contributed by atoms with Crippen molar-refractivity contribution in [2.75, 3.05) is 12.9 Å². The molecule has 0 bridgehead atoms. The van der Waals surface area contributed by atoms with E-state index in [-0.39, 0.29) is 6.61 Å². The molecule has 0 aromatic heterocycles. The summed E-state index contributed by atoms with van der Waals surface area (Å²) in [7, 11) is 0. The van der Waals surface area contributed by atoms with E-state index in [9.17, 15) is 5.11 Å². The molecule has 0 saturated heterocycles. The summed E-state index contributed by atoms with van der Waals surface area (Å²) in [6.45, 7) is 0.198. The topological polar surface area (TPSA) is 40.5 Å². The average Bonchev–Trinajstić information content (AvgIpc) is 2.15. The minimum atomic E-state index is 0.198. The molecular weight excluding hydrogens is 184 g/mol. The van der Waals surface area contributed by atoms with E-state index in [2.05, 4.69) is 0 Å². The number of aliphatic hydroxyl groups is 1. The summed E-state index contributed by atoms with van der Waals surface area (Å²) in [6.07, 6.45) is 3.51. The second-order valence-corrected chi connectivity index (χ2v) is 3.61. The van der Waals surface area contributed by atoms with Gasteiger partial charge in [0.15, 0.2) is 0 Å². The Morgan fingerprint density at radius 3 is 2.77 bits per heavy atom. The highest BCUT2D eigenvalue weighted by atomic mass is 32.2. The molecule has 1 rings (SSSR count). The quantitative estimate of drug-likeness (QED) is 0.727. The molecule has 0 fully saturated rings. The van der Waals surface area contributed by atoms with E-state index in [0.29, 0.717) is 5.75 Å². The van der Waals surface area contributed by atoms with Crippen LogP contribution in [-0.4, -0.2) is 23.1 Å². The van der Waals surface area contributed by atoms with Gasteiger partial charge in [-0.1, -0.05) is 12.1 Å². The smallest absolute Gasteiger partial charge is 0.129 e. The summed E-state index contributed by atoms with van der Waals surface area (Å²) >= 11 is 1.54. The summed E-state index contributed by atoms with van der Waals surface area (Å²) in [4.78, 5) is 0.927. The van der Waals surface area contributed by atoms with E-state index in [1.807, 2.05) is 18.4 Å². The number of aryl methyl sites for hydroxylation is 1. The number of aromatic hydroxyl groups is 1. The second-order valence-electron chi connectivity index (χ2n) is 2.80. The zero-order valence-corrected chi connectivity index (χ0v) is 8.47. The maximum Gasteiger partial charge on any atom is 0.129 e. The first-order valence-corrected chi connectivity index (χ1v) is 5.47. The van der Waals surface area contributed by atoms with Crippen molar-refractivity contribution in [1.82, 2.24) is 0 Å². The molecule has 0 atom stereocenters. The Hall–Kier alpha value is -0.670. The molecule has 1 aromatic carbocycles. The van der Waals surface area contributed by atoms with Crippen molar-refractivity contribution in [3.63, 3.8) is 0 Å². The SMILES string of the molecule is CSc1c(O)cccc1CCCO. The highest BCUT2D eigenvalue weighted by Gasteiger charge is 2.05. The van der Waals surface area contributed by atoms with Crippen molar-refractivity contribution in [3.8, 4) is 5.75 Å². The number of phenols is 1. The predicted molar refractivity (Wildman–Crippen MR) is 55.3 cm³/mol. The zero-order chi connectivity index (χ0) is 9.68. The Kier molecular flexibility index (Phi) is 4.12. The lowest BCUT2D eigenvalue weighted by Crippen LogP contribution is -1.91. The molecular formula is C10H14O2S. The Labute approximate surface area is 82.6 Å².